The summed E-state index contributed by atoms with van der Waals surface area (Å²) in [6.07, 6.45) is 0.956. The average Bonchev–Trinajstić information content (AvgIpc) is 2.33. The summed E-state index contributed by atoms with van der Waals surface area (Å²) in [6.45, 7) is -0.0847. The number of guanidine groups is 1. The van der Waals surface area contributed by atoms with E-state index in [1.165, 1.54) is 0 Å². The van der Waals surface area contributed by atoms with E-state index < -0.39 is 30.6 Å². The molecule has 0 saturated heterocycles. The van der Waals surface area contributed by atoms with Crippen LogP contribution < -0.4 is 22.9 Å². The van der Waals surface area contributed by atoms with Crippen LogP contribution in [0.25, 0.3) is 0 Å². The number of hydrogen-bond acceptors (Lipinski definition) is 6. The number of carbonyl (C=O) groups is 2. The molecule has 19 heavy (non-hydrogen) atoms. The minimum atomic E-state index is -1.18. The molecule has 0 bridgehead atoms. The van der Waals surface area contributed by atoms with Crippen LogP contribution in [0.5, 0.6) is 0 Å². The monoisotopic (exact) mass is 279 g/mol. The minimum absolute atomic E-state index is 0.0129. The molecule has 112 valence electrons. The molecule has 1 unspecified atom stereocenters. The van der Waals surface area contributed by atoms with E-state index in [-0.39, 0.29) is 5.96 Å². The van der Waals surface area contributed by atoms with Crippen LogP contribution in [0.4, 0.5) is 0 Å². The number of aliphatic hydroxyl groups excluding tert-OH is 1. The molecule has 0 rings (SSSR count). The summed E-state index contributed by atoms with van der Waals surface area (Å²) in [6, 6.07) is -1.95. The van der Waals surface area contributed by atoms with E-state index in [0.29, 0.717) is 19.4 Å². The fourth-order valence-electron chi connectivity index (χ4n) is 0.721. The molecule has 11 N–H and O–H groups in total. The van der Waals surface area contributed by atoms with E-state index in [2.05, 4.69) is 4.99 Å². The molecule has 0 spiro atoms. The topological polar surface area (TPSA) is 211 Å². The number of rotatable bonds is 7. The van der Waals surface area contributed by atoms with Crippen molar-refractivity contribution in [3.05, 3.63) is 0 Å². The smallest absolute Gasteiger partial charge is 0.322 e. The lowest BCUT2D eigenvalue weighted by Gasteiger charge is -2.03. The maximum absolute atomic E-state index is 10.2. The summed E-state index contributed by atoms with van der Waals surface area (Å²) in [7, 11) is 0. The number of hydrogen-bond donors (Lipinski definition) is 7. The van der Waals surface area contributed by atoms with E-state index >= 15 is 0 Å². The lowest BCUT2D eigenvalue weighted by Crippen LogP contribution is -2.33. The molecule has 0 aliphatic carbocycles. The van der Waals surface area contributed by atoms with E-state index in [9.17, 15) is 9.59 Å². The highest BCUT2D eigenvalue weighted by Gasteiger charge is 2.09. The SMILES string of the molecule is NC(N)=NCCCC(N)C(=O)O.N[C@@H](CO)C(=O)O. The molecule has 10 heteroatoms. The fraction of sp³-hybridized carbons (Fsp3) is 0.667. The Labute approximate surface area is 110 Å². The van der Waals surface area contributed by atoms with Crippen LogP contribution in [0.3, 0.4) is 0 Å². The number of carboxylic acid groups (broad SMARTS) is 2. The van der Waals surface area contributed by atoms with E-state index in [4.69, 9.17) is 38.3 Å². The number of aliphatic hydroxyl groups is 1. The number of aliphatic carboxylic acids is 2. The quantitative estimate of drug-likeness (QED) is 0.142. The molecule has 0 amide bonds. The predicted octanol–water partition coefficient (Wildman–Crippen LogP) is -3.16. The Bertz CT molecular complexity index is 305. The van der Waals surface area contributed by atoms with Crippen molar-refractivity contribution in [2.45, 2.75) is 24.9 Å². The lowest BCUT2D eigenvalue weighted by atomic mass is 10.2. The van der Waals surface area contributed by atoms with Crippen LogP contribution in [-0.4, -0.2) is 58.5 Å². The third-order valence-corrected chi connectivity index (χ3v) is 1.80. The first-order chi connectivity index (χ1) is 8.72. The van der Waals surface area contributed by atoms with Gasteiger partial charge in [0, 0.05) is 6.54 Å². The highest BCUT2D eigenvalue weighted by atomic mass is 16.4. The zero-order valence-electron chi connectivity index (χ0n) is 10.4. The normalized spacial score (nSPS) is 12.6. The zero-order valence-corrected chi connectivity index (χ0v) is 10.4. The van der Waals surface area contributed by atoms with Crippen molar-refractivity contribution < 1.29 is 24.9 Å². The van der Waals surface area contributed by atoms with Crippen molar-refractivity contribution in [3.8, 4) is 0 Å². The molecule has 0 aliphatic heterocycles. The van der Waals surface area contributed by atoms with E-state index in [1.807, 2.05) is 0 Å². The molecule has 0 radical (unpaired) electrons. The number of nitrogens with two attached hydrogens (primary N) is 4. The minimum Gasteiger partial charge on any atom is -0.480 e. The number of aliphatic imine (C=N–C) groups is 1. The van der Waals surface area contributed by atoms with Crippen LogP contribution in [0.2, 0.25) is 0 Å². The molecule has 0 aliphatic rings. The van der Waals surface area contributed by atoms with Gasteiger partial charge in [-0.05, 0) is 12.8 Å². The Kier molecular flexibility index (Phi) is 11.4. The molecule has 0 aromatic heterocycles. The Hall–Kier alpha value is -1.91. The van der Waals surface area contributed by atoms with Gasteiger partial charge >= 0.3 is 11.9 Å². The highest BCUT2D eigenvalue weighted by Crippen LogP contribution is 1.94. The second-order valence-corrected chi connectivity index (χ2v) is 3.52. The third kappa shape index (κ3) is 14.0. The number of carboxylic acids is 2. The van der Waals surface area contributed by atoms with Crippen LogP contribution in [0, 0.1) is 0 Å². The summed E-state index contributed by atoms with van der Waals surface area (Å²) in [5.74, 6) is -2.17. The molecular formula is C9H21N5O5. The molecule has 0 saturated carbocycles. The lowest BCUT2D eigenvalue weighted by molar-refractivity contribution is -0.140. The van der Waals surface area contributed by atoms with Crippen molar-refractivity contribution in [3.63, 3.8) is 0 Å². The van der Waals surface area contributed by atoms with Gasteiger partial charge in [-0.2, -0.15) is 0 Å². The Morgan fingerprint density at radius 1 is 1.05 bits per heavy atom. The molecule has 0 heterocycles. The van der Waals surface area contributed by atoms with Crippen LogP contribution in [0.1, 0.15) is 12.8 Å². The summed E-state index contributed by atoms with van der Waals surface area (Å²) in [4.78, 5) is 23.5. The first-order valence-electron chi connectivity index (χ1n) is 5.35. The Morgan fingerprint density at radius 2 is 1.53 bits per heavy atom. The van der Waals surface area contributed by atoms with Gasteiger partial charge in [0.2, 0.25) is 0 Å². The van der Waals surface area contributed by atoms with Gasteiger partial charge in [0.1, 0.15) is 12.1 Å². The first-order valence-corrected chi connectivity index (χ1v) is 5.35. The maximum atomic E-state index is 10.2. The Morgan fingerprint density at radius 3 is 1.79 bits per heavy atom. The van der Waals surface area contributed by atoms with Gasteiger partial charge < -0.3 is 38.3 Å². The summed E-state index contributed by atoms with van der Waals surface area (Å²) >= 11 is 0. The van der Waals surface area contributed by atoms with Crippen molar-refractivity contribution in [1.29, 1.82) is 0 Å². The van der Waals surface area contributed by atoms with Crippen LogP contribution in [-0.2, 0) is 9.59 Å². The van der Waals surface area contributed by atoms with Crippen molar-refractivity contribution >= 4 is 17.9 Å². The zero-order chi connectivity index (χ0) is 15.4. The van der Waals surface area contributed by atoms with Gasteiger partial charge in [0.15, 0.2) is 5.96 Å². The predicted molar refractivity (Wildman–Crippen MR) is 68.2 cm³/mol. The Balaban J connectivity index is 0. The second-order valence-electron chi connectivity index (χ2n) is 3.52. The van der Waals surface area contributed by atoms with Crippen LogP contribution in [0.15, 0.2) is 4.99 Å². The number of nitrogens with zero attached hydrogens (tertiary/aromatic N) is 1. The molecular weight excluding hydrogens is 258 g/mol. The summed E-state index contributed by atoms with van der Waals surface area (Å²) < 4.78 is 0. The van der Waals surface area contributed by atoms with E-state index in [0.717, 1.165) is 0 Å². The molecule has 0 fully saturated rings. The molecule has 0 aromatic carbocycles. The molecule has 0 aromatic rings. The van der Waals surface area contributed by atoms with Gasteiger partial charge in [-0.3, -0.25) is 14.6 Å². The largest absolute Gasteiger partial charge is 0.480 e. The fourth-order valence-corrected chi connectivity index (χ4v) is 0.721. The van der Waals surface area contributed by atoms with Gasteiger partial charge in [0.25, 0.3) is 0 Å². The van der Waals surface area contributed by atoms with Crippen molar-refractivity contribution in [2.24, 2.45) is 27.9 Å². The van der Waals surface area contributed by atoms with Gasteiger partial charge in [-0.15, -0.1) is 0 Å². The van der Waals surface area contributed by atoms with Gasteiger partial charge in [-0.25, -0.2) is 0 Å². The highest BCUT2D eigenvalue weighted by molar-refractivity contribution is 5.75. The summed E-state index contributed by atoms with van der Waals surface area (Å²) in [5, 5.41) is 24.3. The van der Waals surface area contributed by atoms with Gasteiger partial charge in [0.05, 0.1) is 6.61 Å². The first kappa shape index (κ1) is 19.4. The van der Waals surface area contributed by atoms with Crippen molar-refractivity contribution in [2.75, 3.05) is 13.2 Å². The molecule has 10 nitrogen and oxygen atoms in total. The average molecular weight is 279 g/mol. The summed E-state index contributed by atoms with van der Waals surface area (Å²) in [5.41, 5.74) is 20.1. The van der Waals surface area contributed by atoms with E-state index in [1.54, 1.807) is 0 Å². The second kappa shape index (κ2) is 11.2. The van der Waals surface area contributed by atoms with Gasteiger partial charge in [-0.1, -0.05) is 0 Å². The molecule has 2 atom stereocenters. The maximum Gasteiger partial charge on any atom is 0.322 e. The standard InChI is InChI=1S/C6H14N4O2.C3H7NO3/c7-4(5(11)12)2-1-3-10-6(8)9;4-2(1-5)3(6)7/h4H,1-3,7H2,(H,11,12)(H4,8,9,10);2,5H,1,4H2,(H,6,7)/t;2-/m.0/s1. The third-order valence-electron chi connectivity index (χ3n) is 1.80. The van der Waals surface area contributed by atoms with Crippen LogP contribution >= 0.6 is 0 Å². The van der Waals surface area contributed by atoms with Crippen molar-refractivity contribution in [1.82, 2.24) is 0 Å².